The summed E-state index contributed by atoms with van der Waals surface area (Å²) >= 11 is 0. The molecule has 5 heteroatoms. The van der Waals surface area contributed by atoms with Crippen LogP contribution in [-0.4, -0.2) is 60.0 Å². The van der Waals surface area contributed by atoms with Crippen molar-refractivity contribution in [2.75, 3.05) is 39.3 Å². The number of piperidine rings is 1. The molecule has 0 unspecified atom stereocenters. The fourth-order valence-electron chi connectivity index (χ4n) is 4.36. The Morgan fingerprint density at radius 3 is 2.69 bits per heavy atom. The number of rotatable bonds is 8. The number of likely N-dealkylation sites (tertiary alicyclic amines) is 2. The normalized spacial score (nSPS) is 24.7. The van der Waals surface area contributed by atoms with Gasteiger partial charge >= 0.3 is 0 Å². The van der Waals surface area contributed by atoms with Crippen molar-refractivity contribution in [2.24, 2.45) is 11.8 Å². The van der Waals surface area contributed by atoms with Crippen LogP contribution in [0.3, 0.4) is 0 Å². The molecule has 1 N–H and O–H groups in total. The molecule has 144 valence electrons. The maximum atomic E-state index is 12.7. The lowest BCUT2D eigenvalue weighted by Gasteiger charge is -2.38. The van der Waals surface area contributed by atoms with Gasteiger partial charge in [0.05, 0.1) is 5.92 Å². The van der Waals surface area contributed by atoms with E-state index in [9.17, 15) is 4.79 Å². The number of carbonyl (C=O) groups excluding carboxylic acids is 1. The number of aromatic nitrogens is 1. The highest BCUT2D eigenvalue weighted by molar-refractivity contribution is 5.79. The molecule has 2 atom stereocenters. The first-order valence-electron chi connectivity index (χ1n) is 10.4. The van der Waals surface area contributed by atoms with Gasteiger partial charge in [-0.1, -0.05) is 13.3 Å². The Kier molecular flexibility index (Phi) is 7.44. The minimum Gasteiger partial charge on any atom is -0.356 e. The number of pyridine rings is 1. The predicted molar refractivity (Wildman–Crippen MR) is 105 cm³/mol. The molecule has 0 bridgehead atoms. The summed E-state index contributed by atoms with van der Waals surface area (Å²) < 4.78 is 0. The van der Waals surface area contributed by atoms with Crippen molar-refractivity contribution in [2.45, 2.75) is 45.6 Å². The lowest BCUT2D eigenvalue weighted by molar-refractivity contribution is -0.127. The van der Waals surface area contributed by atoms with E-state index in [1.807, 2.05) is 12.4 Å². The number of unbranched alkanes of at least 4 members (excludes halogenated alkanes) is 1. The van der Waals surface area contributed by atoms with Crippen molar-refractivity contribution >= 4 is 5.91 Å². The second-order valence-electron chi connectivity index (χ2n) is 8.00. The average molecular weight is 359 g/mol. The van der Waals surface area contributed by atoms with Crippen molar-refractivity contribution in [3.8, 4) is 0 Å². The van der Waals surface area contributed by atoms with Gasteiger partial charge in [0, 0.05) is 45.1 Å². The van der Waals surface area contributed by atoms with Gasteiger partial charge in [0.1, 0.15) is 0 Å². The molecule has 3 heterocycles. The maximum Gasteiger partial charge on any atom is 0.224 e. The molecule has 3 rings (SSSR count). The van der Waals surface area contributed by atoms with Gasteiger partial charge in [-0.15, -0.1) is 0 Å². The van der Waals surface area contributed by atoms with E-state index >= 15 is 0 Å². The highest BCUT2D eigenvalue weighted by Crippen LogP contribution is 2.25. The van der Waals surface area contributed by atoms with Crippen LogP contribution in [-0.2, 0) is 11.3 Å². The van der Waals surface area contributed by atoms with Crippen LogP contribution in [0.1, 0.15) is 44.6 Å². The summed E-state index contributed by atoms with van der Waals surface area (Å²) in [5.74, 6) is 0.963. The van der Waals surface area contributed by atoms with Gasteiger partial charge < -0.3 is 10.2 Å². The number of amides is 1. The topological polar surface area (TPSA) is 48.5 Å². The van der Waals surface area contributed by atoms with Crippen LogP contribution >= 0.6 is 0 Å². The Balaban J connectivity index is 1.60. The molecule has 1 aromatic rings. The number of hydrogen-bond acceptors (Lipinski definition) is 4. The van der Waals surface area contributed by atoms with E-state index in [0.717, 1.165) is 52.0 Å². The lowest BCUT2D eigenvalue weighted by Crippen LogP contribution is -2.48. The van der Waals surface area contributed by atoms with Gasteiger partial charge in [0.25, 0.3) is 0 Å². The van der Waals surface area contributed by atoms with Crippen LogP contribution < -0.4 is 5.32 Å². The van der Waals surface area contributed by atoms with Gasteiger partial charge in [-0.2, -0.15) is 0 Å². The standard InChI is InChI=1S/C21H34N4O/c1-2-3-8-23-21(26)20-13-19(15-24-11-4-5-12-24)16-25(17-20)14-18-6-9-22-10-7-18/h6-7,9-10,19-20H,2-5,8,11-17H2,1H3,(H,23,26)/t19-,20-/m1/s1. The van der Waals surface area contributed by atoms with Crippen molar-refractivity contribution in [1.29, 1.82) is 0 Å². The lowest BCUT2D eigenvalue weighted by atomic mass is 9.87. The fraction of sp³-hybridized carbons (Fsp3) is 0.714. The van der Waals surface area contributed by atoms with E-state index in [1.165, 1.54) is 31.5 Å². The van der Waals surface area contributed by atoms with Gasteiger partial charge in [0.2, 0.25) is 5.91 Å². The Labute approximate surface area is 158 Å². The smallest absolute Gasteiger partial charge is 0.224 e. The molecular formula is C21H34N4O. The number of hydrogen-bond donors (Lipinski definition) is 1. The monoisotopic (exact) mass is 358 g/mol. The molecule has 2 aliphatic rings. The maximum absolute atomic E-state index is 12.7. The molecule has 0 saturated carbocycles. The third kappa shape index (κ3) is 5.78. The predicted octanol–water partition coefficient (Wildman–Crippen LogP) is 2.53. The zero-order chi connectivity index (χ0) is 18.2. The first kappa shape index (κ1) is 19.3. The minimum atomic E-state index is 0.120. The summed E-state index contributed by atoms with van der Waals surface area (Å²) in [7, 11) is 0. The van der Waals surface area contributed by atoms with Crippen molar-refractivity contribution < 1.29 is 4.79 Å². The minimum absolute atomic E-state index is 0.120. The second-order valence-corrected chi connectivity index (χ2v) is 8.00. The van der Waals surface area contributed by atoms with Gasteiger partial charge in [-0.25, -0.2) is 0 Å². The molecule has 2 aliphatic heterocycles. The van der Waals surface area contributed by atoms with E-state index in [-0.39, 0.29) is 11.8 Å². The Morgan fingerprint density at radius 2 is 1.96 bits per heavy atom. The van der Waals surface area contributed by atoms with E-state index in [0.29, 0.717) is 5.92 Å². The largest absolute Gasteiger partial charge is 0.356 e. The van der Waals surface area contributed by atoms with Crippen LogP contribution in [0, 0.1) is 11.8 Å². The van der Waals surface area contributed by atoms with E-state index in [4.69, 9.17) is 0 Å². The third-order valence-corrected chi connectivity index (χ3v) is 5.68. The van der Waals surface area contributed by atoms with Crippen LogP contribution in [0.25, 0.3) is 0 Å². The molecule has 26 heavy (non-hydrogen) atoms. The first-order chi connectivity index (χ1) is 12.7. The van der Waals surface area contributed by atoms with Crippen molar-refractivity contribution in [1.82, 2.24) is 20.1 Å². The molecule has 2 saturated heterocycles. The Morgan fingerprint density at radius 1 is 1.19 bits per heavy atom. The van der Waals surface area contributed by atoms with Crippen LogP contribution in [0.4, 0.5) is 0 Å². The summed E-state index contributed by atoms with van der Waals surface area (Å²) in [4.78, 5) is 21.9. The molecule has 0 spiro atoms. The van der Waals surface area contributed by atoms with Crippen molar-refractivity contribution in [3.63, 3.8) is 0 Å². The number of nitrogens with zero attached hydrogens (tertiary/aromatic N) is 3. The van der Waals surface area contributed by atoms with E-state index in [2.05, 4.69) is 39.2 Å². The summed E-state index contributed by atoms with van der Waals surface area (Å²) in [5, 5.41) is 3.16. The Hall–Kier alpha value is -1.46. The SMILES string of the molecule is CCCCNC(=O)[C@@H]1C[C@H](CN2CCCC2)CN(Cc2ccncc2)C1. The molecule has 1 amide bonds. The summed E-state index contributed by atoms with van der Waals surface area (Å²) in [6.45, 7) is 9.46. The van der Waals surface area contributed by atoms with E-state index in [1.54, 1.807) is 0 Å². The molecule has 1 aromatic heterocycles. The number of carbonyl (C=O) groups is 1. The molecule has 0 radical (unpaired) electrons. The van der Waals surface area contributed by atoms with Gasteiger partial charge in [-0.05, 0) is 62.4 Å². The van der Waals surface area contributed by atoms with Crippen LogP contribution in [0.15, 0.2) is 24.5 Å². The second kappa shape index (κ2) is 10.0. The molecule has 0 aliphatic carbocycles. The number of nitrogens with one attached hydrogen (secondary N) is 1. The third-order valence-electron chi connectivity index (χ3n) is 5.68. The highest BCUT2D eigenvalue weighted by atomic mass is 16.1. The van der Waals surface area contributed by atoms with Crippen LogP contribution in [0.2, 0.25) is 0 Å². The quantitative estimate of drug-likeness (QED) is 0.726. The van der Waals surface area contributed by atoms with E-state index < -0.39 is 0 Å². The zero-order valence-electron chi connectivity index (χ0n) is 16.2. The molecular weight excluding hydrogens is 324 g/mol. The average Bonchev–Trinajstić information content (AvgIpc) is 3.15. The molecule has 0 aromatic carbocycles. The summed E-state index contributed by atoms with van der Waals surface area (Å²) in [6, 6.07) is 4.17. The zero-order valence-corrected chi connectivity index (χ0v) is 16.2. The first-order valence-corrected chi connectivity index (χ1v) is 10.4. The van der Waals surface area contributed by atoms with Gasteiger partial charge in [0.15, 0.2) is 0 Å². The molecule has 2 fully saturated rings. The fourth-order valence-corrected chi connectivity index (χ4v) is 4.36. The van der Waals surface area contributed by atoms with Crippen molar-refractivity contribution in [3.05, 3.63) is 30.1 Å². The summed E-state index contributed by atoms with van der Waals surface area (Å²) in [6.07, 6.45) is 9.59. The highest BCUT2D eigenvalue weighted by Gasteiger charge is 2.32. The van der Waals surface area contributed by atoms with Gasteiger partial charge in [-0.3, -0.25) is 14.7 Å². The Bertz CT molecular complexity index is 544. The molecule has 5 nitrogen and oxygen atoms in total. The summed E-state index contributed by atoms with van der Waals surface area (Å²) in [5.41, 5.74) is 1.28. The van der Waals surface area contributed by atoms with Crippen LogP contribution in [0.5, 0.6) is 0 Å².